The van der Waals surface area contributed by atoms with Crippen LogP contribution in [0.5, 0.6) is 0 Å². The molecule has 0 radical (unpaired) electrons. The average molecular weight is 351 g/mol. The largest absolute Gasteiger partial charge is 0.417 e. The van der Waals surface area contributed by atoms with Crippen molar-refractivity contribution in [3.05, 3.63) is 33.8 Å². The second kappa shape index (κ2) is 5.37. The second-order valence-electron chi connectivity index (χ2n) is 4.85. The van der Waals surface area contributed by atoms with Gasteiger partial charge in [0.1, 0.15) is 5.54 Å². The van der Waals surface area contributed by atoms with Gasteiger partial charge in [0.05, 0.1) is 5.56 Å². The van der Waals surface area contributed by atoms with Gasteiger partial charge in [0.2, 0.25) is 5.91 Å². The summed E-state index contributed by atoms with van der Waals surface area (Å²) in [7, 11) is 0. The molecule has 1 aromatic carbocycles. The van der Waals surface area contributed by atoms with Crippen LogP contribution in [0.1, 0.15) is 30.4 Å². The zero-order valence-corrected chi connectivity index (χ0v) is 12.1. The number of carbonyl (C=O) groups excluding carboxylic acids is 1. The Labute approximate surface area is 122 Å². The Balaban J connectivity index is 2.53. The summed E-state index contributed by atoms with van der Waals surface area (Å²) in [6.45, 7) is 0.556. The molecule has 1 aromatic rings. The van der Waals surface area contributed by atoms with Crippen molar-refractivity contribution >= 4 is 21.8 Å². The van der Waals surface area contributed by atoms with Crippen LogP contribution in [0.4, 0.5) is 13.2 Å². The number of piperidine rings is 1. The molecule has 0 spiro atoms. The van der Waals surface area contributed by atoms with Gasteiger partial charge >= 0.3 is 6.18 Å². The summed E-state index contributed by atoms with van der Waals surface area (Å²) < 4.78 is 38.8. The quantitative estimate of drug-likeness (QED) is 0.861. The van der Waals surface area contributed by atoms with Crippen molar-refractivity contribution in [3.8, 4) is 0 Å². The molecule has 3 nitrogen and oxygen atoms in total. The maximum atomic E-state index is 13.0. The van der Waals surface area contributed by atoms with Crippen LogP contribution >= 0.6 is 15.9 Å². The first-order valence-electron chi connectivity index (χ1n) is 6.19. The third-order valence-electron chi connectivity index (χ3n) is 3.59. The highest BCUT2D eigenvalue weighted by atomic mass is 79.9. The Kier molecular flexibility index (Phi) is 4.11. The van der Waals surface area contributed by atoms with Crippen LogP contribution in [-0.4, -0.2) is 12.5 Å². The van der Waals surface area contributed by atoms with Crippen molar-refractivity contribution in [1.82, 2.24) is 5.32 Å². The van der Waals surface area contributed by atoms with E-state index in [0.717, 1.165) is 18.9 Å². The molecule has 110 valence electrons. The number of nitrogens with two attached hydrogens (primary N) is 1. The van der Waals surface area contributed by atoms with Gasteiger partial charge in [-0.25, -0.2) is 0 Å². The number of benzene rings is 1. The number of hydrogen-bond acceptors (Lipinski definition) is 2. The van der Waals surface area contributed by atoms with Gasteiger partial charge in [0.15, 0.2) is 0 Å². The highest BCUT2D eigenvalue weighted by Crippen LogP contribution is 2.39. The summed E-state index contributed by atoms with van der Waals surface area (Å²) in [5, 5.41) is 2.99. The van der Waals surface area contributed by atoms with Crippen LogP contribution in [0, 0.1) is 0 Å². The predicted octanol–water partition coefficient (Wildman–Crippen LogP) is 2.92. The number of hydrogen-bond donors (Lipinski definition) is 2. The number of carbonyl (C=O) groups is 1. The first-order valence-corrected chi connectivity index (χ1v) is 6.99. The predicted molar refractivity (Wildman–Crippen MR) is 71.9 cm³/mol. The fourth-order valence-electron chi connectivity index (χ4n) is 2.51. The van der Waals surface area contributed by atoms with Gasteiger partial charge in [-0.15, -0.1) is 0 Å². The fourth-order valence-corrected chi connectivity index (χ4v) is 2.98. The van der Waals surface area contributed by atoms with Crippen molar-refractivity contribution in [2.75, 3.05) is 6.54 Å². The van der Waals surface area contributed by atoms with Gasteiger partial charge in [-0.3, -0.25) is 10.1 Å². The van der Waals surface area contributed by atoms with Crippen LogP contribution in [0.3, 0.4) is 0 Å². The van der Waals surface area contributed by atoms with Crippen molar-refractivity contribution in [3.63, 3.8) is 0 Å². The zero-order chi connectivity index (χ0) is 15.0. The van der Waals surface area contributed by atoms with E-state index in [-0.39, 0.29) is 10.0 Å². The Morgan fingerprint density at radius 2 is 2.05 bits per heavy atom. The van der Waals surface area contributed by atoms with Crippen LogP contribution in [0.15, 0.2) is 22.7 Å². The van der Waals surface area contributed by atoms with E-state index in [2.05, 4.69) is 21.2 Å². The Hall–Kier alpha value is -1.08. The smallest absolute Gasteiger partial charge is 0.368 e. The molecule has 1 aliphatic heterocycles. The van der Waals surface area contributed by atoms with E-state index in [1.807, 2.05) is 0 Å². The Morgan fingerprint density at radius 1 is 1.35 bits per heavy atom. The molecule has 1 aliphatic rings. The summed E-state index contributed by atoms with van der Waals surface area (Å²) in [6, 6.07) is 3.80. The molecular formula is C13H14BrF3N2O. The van der Waals surface area contributed by atoms with Gasteiger partial charge in [-0.05, 0) is 43.5 Å². The van der Waals surface area contributed by atoms with Gasteiger partial charge < -0.3 is 5.73 Å². The topological polar surface area (TPSA) is 55.1 Å². The van der Waals surface area contributed by atoms with Crippen molar-refractivity contribution in [1.29, 1.82) is 0 Å². The lowest BCUT2D eigenvalue weighted by atomic mass is 9.81. The number of rotatable bonds is 2. The molecule has 2 rings (SSSR count). The van der Waals surface area contributed by atoms with Crippen LogP contribution in [0.25, 0.3) is 0 Å². The van der Waals surface area contributed by atoms with E-state index >= 15 is 0 Å². The SMILES string of the molecule is NC(=O)C1(c2ccc(Br)c(C(F)(F)F)c2)CCCCN1. The van der Waals surface area contributed by atoms with E-state index in [4.69, 9.17) is 5.73 Å². The zero-order valence-electron chi connectivity index (χ0n) is 10.6. The molecule has 20 heavy (non-hydrogen) atoms. The second-order valence-corrected chi connectivity index (χ2v) is 5.70. The average Bonchev–Trinajstić information content (AvgIpc) is 2.38. The summed E-state index contributed by atoms with van der Waals surface area (Å²) in [4.78, 5) is 11.8. The lowest BCUT2D eigenvalue weighted by Gasteiger charge is -2.36. The third kappa shape index (κ3) is 2.69. The number of halogens is 4. The molecule has 1 fully saturated rings. The standard InChI is InChI=1S/C13H14BrF3N2O/c14-10-4-3-8(7-9(10)13(15,16)17)12(11(18)20)5-1-2-6-19-12/h3-4,7,19H,1-2,5-6H2,(H2,18,20). The third-order valence-corrected chi connectivity index (χ3v) is 4.28. The summed E-state index contributed by atoms with van der Waals surface area (Å²) in [5.74, 6) is -0.646. The molecule has 1 atom stereocenters. The maximum Gasteiger partial charge on any atom is 0.417 e. The molecule has 0 saturated carbocycles. The molecule has 1 unspecified atom stereocenters. The van der Waals surface area contributed by atoms with Crippen molar-refractivity contribution < 1.29 is 18.0 Å². The molecule has 0 aromatic heterocycles. The first kappa shape index (κ1) is 15.3. The molecule has 1 heterocycles. The molecule has 3 N–H and O–H groups in total. The lowest BCUT2D eigenvalue weighted by Crippen LogP contribution is -2.55. The van der Waals surface area contributed by atoms with E-state index < -0.39 is 23.2 Å². The summed E-state index contributed by atoms with van der Waals surface area (Å²) in [5.41, 5.74) is 3.69. The van der Waals surface area contributed by atoms with Crippen molar-refractivity contribution in [2.24, 2.45) is 5.73 Å². The Bertz CT molecular complexity index is 525. The maximum absolute atomic E-state index is 13.0. The molecule has 0 bridgehead atoms. The molecule has 1 amide bonds. The minimum atomic E-state index is -4.48. The number of nitrogens with one attached hydrogen (secondary N) is 1. The van der Waals surface area contributed by atoms with Gasteiger partial charge in [0, 0.05) is 4.47 Å². The minimum absolute atomic E-state index is 0.0517. The number of amides is 1. The van der Waals surface area contributed by atoms with Crippen molar-refractivity contribution in [2.45, 2.75) is 31.0 Å². The first-order chi connectivity index (χ1) is 9.27. The minimum Gasteiger partial charge on any atom is -0.368 e. The Morgan fingerprint density at radius 3 is 2.55 bits per heavy atom. The molecule has 1 saturated heterocycles. The molecular weight excluding hydrogens is 337 g/mol. The van der Waals surface area contributed by atoms with E-state index in [1.165, 1.54) is 12.1 Å². The molecule has 7 heteroatoms. The van der Waals surface area contributed by atoms with Crippen LogP contribution in [0.2, 0.25) is 0 Å². The van der Waals surface area contributed by atoms with Crippen LogP contribution in [-0.2, 0) is 16.5 Å². The van der Waals surface area contributed by atoms with Gasteiger partial charge in [0.25, 0.3) is 0 Å². The number of primary amides is 1. The summed E-state index contributed by atoms with van der Waals surface area (Å²) >= 11 is 2.89. The fraction of sp³-hybridized carbons (Fsp3) is 0.462. The highest BCUT2D eigenvalue weighted by molar-refractivity contribution is 9.10. The van der Waals surface area contributed by atoms with E-state index in [0.29, 0.717) is 13.0 Å². The monoisotopic (exact) mass is 350 g/mol. The highest BCUT2D eigenvalue weighted by Gasteiger charge is 2.41. The molecule has 0 aliphatic carbocycles. The normalized spacial score (nSPS) is 23.6. The van der Waals surface area contributed by atoms with Gasteiger partial charge in [-0.2, -0.15) is 13.2 Å². The van der Waals surface area contributed by atoms with E-state index in [9.17, 15) is 18.0 Å². The number of alkyl halides is 3. The van der Waals surface area contributed by atoms with E-state index in [1.54, 1.807) is 0 Å². The van der Waals surface area contributed by atoms with Gasteiger partial charge in [-0.1, -0.05) is 22.0 Å². The summed E-state index contributed by atoms with van der Waals surface area (Å²) in [6.07, 6.45) is -2.46. The lowest BCUT2D eigenvalue weighted by molar-refractivity contribution is -0.138. The van der Waals surface area contributed by atoms with Crippen LogP contribution < -0.4 is 11.1 Å².